The average molecular weight is 420 g/mol. The number of amides is 2. The summed E-state index contributed by atoms with van der Waals surface area (Å²) in [5.74, 6) is -2.07. The Morgan fingerprint density at radius 1 is 1.23 bits per heavy atom. The highest BCUT2D eigenvalue weighted by molar-refractivity contribution is 5.97. The maximum absolute atomic E-state index is 14.5. The summed E-state index contributed by atoms with van der Waals surface area (Å²) >= 11 is 0. The van der Waals surface area contributed by atoms with Crippen LogP contribution < -0.4 is 10.6 Å². The molecule has 1 aromatic heterocycles. The van der Waals surface area contributed by atoms with Crippen molar-refractivity contribution in [1.82, 2.24) is 20.2 Å². The summed E-state index contributed by atoms with van der Waals surface area (Å²) in [5.41, 5.74) is 0.377. The van der Waals surface area contributed by atoms with Gasteiger partial charge in [-0.25, -0.2) is 13.8 Å². The fourth-order valence-corrected chi connectivity index (χ4v) is 3.43. The third-order valence-electron chi connectivity index (χ3n) is 5.12. The maximum Gasteiger partial charge on any atom is 0.272 e. The highest BCUT2D eigenvalue weighted by Gasteiger charge is 2.35. The molecular formula is C21H26F2N4O3. The van der Waals surface area contributed by atoms with Gasteiger partial charge in [-0.1, -0.05) is 20.8 Å². The predicted octanol–water partition coefficient (Wildman–Crippen LogP) is 2.56. The Kier molecular flexibility index (Phi) is 5.94. The van der Waals surface area contributed by atoms with E-state index in [-0.39, 0.29) is 35.2 Å². The van der Waals surface area contributed by atoms with Gasteiger partial charge in [-0.2, -0.15) is 0 Å². The van der Waals surface area contributed by atoms with E-state index in [0.717, 1.165) is 6.07 Å². The van der Waals surface area contributed by atoms with Crippen LogP contribution in [0.2, 0.25) is 0 Å². The molecule has 30 heavy (non-hydrogen) atoms. The van der Waals surface area contributed by atoms with Crippen LogP contribution in [-0.2, 0) is 22.7 Å². The third kappa shape index (κ3) is 4.07. The summed E-state index contributed by atoms with van der Waals surface area (Å²) in [7, 11) is 1.50. The molecule has 1 atom stereocenters. The Labute approximate surface area is 173 Å². The first-order valence-corrected chi connectivity index (χ1v) is 9.70. The van der Waals surface area contributed by atoms with Crippen LogP contribution in [0.15, 0.2) is 12.1 Å². The number of halogens is 2. The number of nitrogens with zero attached hydrogens (tertiary/aromatic N) is 2. The van der Waals surface area contributed by atoms with Gasteiger partial charge in [0.05, 0.1) is 24.5 Å². The molecule has 0 radical (unpaired) electrons. The van der Waals surface area contributed by atoms with E-state index in [1.165, 1.54) is 20.0 Å². The molecule has 2 heterocycles. The van der Waals surface area contributed by atoms with Crippen molar-refractivity contribution in [3.05, 3.63) is 40.7 Å². The van der Waals surface area contributed by atoms with Crippen LogP contribution in [0, 0.1) is 24.0 Å². The molecule has 7 nitrogen and oxygen atoms in total. The van der Waals surface area contributed by atoms with Crippen LogP contribution >= 0.6 is 0 Å². The number of fused-ring (bicyclic) bond motifs is 1. The van der Waals surface area contributed by atoms with Gasteiger partial charge in [0, 0.05) is 19.7 Å². The second-order valence-corrected chi connectivity index (χ2v) is 8.40. The SMILES string of the molecule is CNC(=O)[C@@H](NC(=O)c1nc(-c2cc(C)c(F)cc2F)n2c1COCC2)C(C)(C)C. The van der Waals surface area contributed by atoms with E-state index in [1.807, 2.05) is 20.8 Å². The summed E-state index contributed by atoms with van der Waals surface area (Å²) in [6.07, 6.45) is 0. The maximum atomic E-state index is 14.5. The minimum atomic E-state index is -0.801. The van der Waals surface area contributed by atoms with Crippen LogP contribution in [0.25, 0.3) is 11.4 Å². The second-order valence-electron chi connectivity index (χ2n) is 8.40. The molecule has 2 N–H and O–H groups in total. The van der Waals surface area contributed by atoms with Crippen LogP contribution in [-0.4, -0.2) is 41.1 Å². The number of carbonyl (C=O) groups excluding carboxylic acids is 2. The lowest BCUT2D eigenvalue weighted by molar-refractivity contribution is -0.124. The molecule has 0 bridgehead atoms. The van der Waals surface area contributed by atoms with Crippen molar-refractivity contribution in [2.75, 3.05) is 13.7 Å². The van der Waals surface area contributed by atoms with Gasteiger partial charge in [0.1, 0.15) is 23.5 Å². The van der Waals surface area contributed by atoms with Gasteiger partial charge in [0.2, 0.25) is 5.91 Å². The normalized spacial score (nSPS) is 14.8. The predicted molar refractivity (Wildman–Crippen MR) is 107 cm³/mol. The Morgan fingerprint density at radius 2 is 1.93 bits per heavy atom. The van der Waals surface area contributed by atoms with Crippen LogP contribution in [0.1, 0.15) is 42.5 Å². The molecule has 3 rings (SSSR count). The van der Waals surface area contributed by atoms with Crippen molar-refractivity contribution >= 4 is 11.8 Å². The van der Waals surface area contributed by atoms with Crippen molar-refractivity contribution in [3.63, 3.8) is 0 Å². The number of likely N-dealkylation sites (N-methyl/N-ethyl adjacent to an activating group) is 1. The van der Waals surface area contributed by atoms with Crippen LogP contribution in [0.3, 0.4) is 0 Å². The smallest absolute Gasteiger partial charge is 0.272 e. The number of imidazole rings is 1. The summed E-state index contributed by atoms with van der Waals surface area (Å²) in [5, 5.41) is 5.29. The van der Waals surface area contributed by atoms with Crippen molar-refractivity contribution < 1.29 is 23.1 Å². The number of ether oxygens (including phenoxy) is 1. The lowest BCUT2D eigenvalue weighted by Crippen LogP contribution is -2.53. The number of benzene rings is 1. The first kappa shape index (κ1) is 21.9. The van der Waals surface area contributed by atoms with E-state index >= 15 is 0 Å². The van der Waals surface area contributed by atoms with Gasteiger partial charge in [-0.15, -0.1) is 0 Å². The minimum absolute atomic E-state index is 0.0595. The second kappa shape index (κ2) is 8.14. The van der Waals surface area contributed by atoms with Crippen LogP contribution in [0.5, 0.6) is 0 Å². The van der Waals surface area contributed by atoms with E-state index in [0.29, 0.717) is 18.8 Å². The number of carbonyl (C=O) groups is 2. The zero-order valence-electron chi connectivity index (χ0n) is 17.7. The van der Waals surface area contributed by atoms with Gasteiger partial charge in [0.25, 0.3) is 5.91 Å². The molecule has 1 aliphatic rings. The Morgan fingerprint density at radius 3 is 2.57 bits per heavy atom. The number of hydrogen-bond donors (Lipinski definition) is 2. The number of hydrogen-bond acceptors (Lipinski definition) is 4. The number of aromatic nitrogens is 2. The zero-order valence-corrected chi connectivity index (χ0v) is 17.7. The number of nitrogens with one attached hydrogen (secondary N) is 2. The molecule has 1 aliphatic heterocycles. The third-order valence-corrected chi connectivity index (χ3v) is 5.12. The minimum Gasteiger partial charge on any atom is -0.373 e. The molecule has 0 spiro atoms. The van der Waals surface area contributed by atoms with Crippen molar-refractivity contribution in [2.45, 2.75) is 46.9 Å². The zero-order chi connectivity index (χ0) is 22.2. The quantitative estimate of drug-likeness (QED) is 0.796. The molecular weight excluding hydrogens is 394 g/mol. The molecule has 2 amide bonds. The van der Waals surface area contributed by atoms with Gasteiger partial charge >= 0.3 is 0 Å². The highest BCUT2D eigenvalue weighted by atomic mass is 19.1. The van der Waals surface area contributed by atoms with Crippen LogP contribution in [0.4, 0.5) is 8.78 Å². The first-order valence-electron chi connectivity index (χ1n) is 9.70. The molecule has 0 saturated carbocycles. The summed E-state index contributed by atoms with van der Waals surface area (Å²) < 4.78 is 35.4. The molecule has 2 aromatic rings. The molecule has 0 saturated heterocycles. The van der Waals surface area contributed by atoms with Gasteiger partial charge < -0.3 is 19.9 Å². The standard InChI is InChI=1S/C21H26F2N4O3/c1-11-8-12(14(23)9-13(11)22)18-25-16(15-10-30-7-6-27(15)18)19(28)26-17(20(29)24-5)21(2,3)4/h8-9,17H,6-7,10H2,1-5H3,(H,24,29)(H,26,28)/t17-/m1/s1. The number of rotatable bonds is 4. The van der Waals surface area contributed by atoms with Gasteiger partial charge in [-0.05, 0) is 24.0 Å². The molecule has 0 fully saturated rings. The summed E-state index contributed by atoms with van der Waals surface area (Å²) in [6.45, 7) is 7.91. The number of aryl methyl sites for hydroxylation is 1. The lowest BCUT2D eigenvalue weighted by atomic mass is 9.86. The van der Waals surface area contributed by atoms with Gasteiger partial charge in [0.15, 0.2) is 5.69 Å². The average Bonchev–Trinajstić information content (AvgIpc) is 3.07. The molecule has 0 unspecified atom stereocenters. The Hall–Kier alpha value is -2.81. The van der Waals surface area contributed by atoms with Crippen molar-refractivity contribution in [2.24, 2.45) is 5.41 Å². The highest BCUT2D eigenvalue weighted by Crippen LogP contribution is 2.29. The fourth-order valence-electron chi connectivity index (χ4n) is 3.43. The summed E-state index contributed by atoms with van der Waals surface area (Å²) in [4.78, 5) is 29.8. The Balaban J connectivity index is 2.06. The van der Waals surface area contributed by atoms with E-state index in [2.05, 4.69) is 15.6 Å². The Bertz CT molecular complexity index is 995. The van der Waals surface area contributed by atoms with E-state index in [4.69, 9.17) is 4.74 Å². The molecule has 9 heteroatoms. The van der Waals surface area contributed by atoms with Crippen molar-refractivity contribution in [3.8, 4) is 11.4 Å². The topological polar surface area (TPSA) is 85.3 Å². The monoisotopic (exact) mass is 420 g/mol. The van der Waals surface area contributed by atoms with Crippen molar-refractivity contribution in [1.29, 1.82) is 0 Å². The lowest BCUT2D eigenvalue weighted by Gasteiger charge is -2.29. The molecule has 162 valence electrons. The largest absolute Gasteiger partial charge is 0.373 e. The van der Waals surface area contributed by atoms with E-state index in [9.17, 15) is 18.4 Å². The fraction of sp³-hybridized carbons (Fsp3) is 0.476. The molecule has 0 aliphatic carbocycles. The van der Waals surface area contributed by atoms with E-state index < -0.39 is 29.0 Å². The first-order chi connectivity index (χ1) is 14.0. The summed E-state index contributed by atoms with van der Waals surface area (Å²) in [6, 6.07) is 1.39. The molecule has 1 aromatic carbocycles. The van der Waals surface area contributed by atoms with E-state index in [1.54, 1.807) is 4.57 Å². The van der Waals surface area contributed by atoms with Gasteiger partial charge in [-0.3, -0.25) is 9.59 Å².